The number of hydrogen-bond donors (Lipinski definition) is 0. The van der Waals surface area contributed by atoms with Crippen LogP contribution in [0.25, 0.3) is 0 Å². The van der Waals surface area contributed by atoms with Crippen molar-refractivity contribution in [3.05, 3.63) is 74.7 Å². The second-order valence-electron chi connectivity index (χ2n) is 6.16. The molecule has 25 heavy (non-hydrogen) atoms. The fourth-order valence-electron chi connectivity index (χ4n) is 3.04. The van der Waals surface area contributed by atoms with Gasteiger partial charge in [0.1, 0.15) is 0 Å². The SMILES string of the molecule is CCc1ccc2c(c1)Oc1cc(Br)c(Br)cc1N2c1ccc(C)cc1. The maximum atomic E-state index is 6.24. The van der Waals surface area contributed by atoms with Gasteiger partial charge in [0, 0.05) is 14.6 Å². The third-order valence-electron chi connectivity index (χ3n) is 4.43. The van der Waals surface area contributed by atoms with Crippen LogP contribution in [0.1, 0.15) is 18.1 Å². The second-order valence-corrected chi connectivity index (χ2v) is 7.87. The Hall–Kier alpha value is -1.78. The molecule has 0 bridgehead atoms. The molecule has 2 nitrogen and oxygen atoms in total. The van der Waals surface area contributed by atoms with Gasteiger partial charge in [0.2, 0.25) is 0 Å². The van der Waals surface area contributed by atoms with Crippen LogP contribution in [0.15, 0.2) is 63.5 Å². The van der Waals surface area contributed by atoms with Crippen LogP contribution in [0, 0.1) is 6.92 Å². The molecule has 0 radical (unpaired) electrons. The normalized spacial score (nSPS) is 12.4. The average molecular weight is 459 g/mol. The number of nitrogens with zero attached hydrogens (tertiary/aromatic N) is 1. The minimum absolute atomic E-state index is 0.844. The van der Waals surface area contributed by atoms with Crippen molar-refractivity contribution < 1.29 is 4.74 Å². The highest BCUT2D eigenvalue weighted by Gasteiger charge is 2.27. The van der Waals surface area contributed by atoms with Crippen LogP contribution in [0.3, 0.4) is 0 Å². The molecule has 0 aliphatic carbocycles. The monoisotopic (exact) mass is 457 g/mol. The summed E-state index contributed by atoms with van der Waals surface area (Å²) in [5.41, 5.74) is 5.71. The Morgan fingerprint density at radius 1 is 0.840 bits per heavy atom. The molecule has 0 spiro atoms. The molecule has 0 amide bonds. The largest absolute Gasteiger partial charge is 0.453 e. The van der Waals surface area contributed by atoms with Crippen LogP contribution in [0.2, 0.25) is 0 Å². The summed E-state index contributed by atoms with van der Waals surface area (Å²) in [7, 11) is 0. The van der Waals surface area contributed by atoms with Gasteiger partial charge >= 0.3 is 0 Å². The highest BCUT2D eigenvalue weighted by atomic mass is 79.9. The maximum Gasteiger partial charge on any atom is 0.152 e. The fourth-order valence-corrected chi connectivity index (χ4v) is 3.69. The first-order chi connectivity index (χ1) is 12.1. The van der Waals surface area contributed by atoms with Crippen LogP contribution in [0.5, 0.6) is 11.5 Å². The van der Waals surface area contributed by atoms with Gasteiger partial charge in [-0.25, -0.2) is 0 Å². The summed E-state index contributed by atoms with van der Waals surface area (Å²) in [4.78, 5) is 2.25. The van der Waals surface area contributed by atoms with Crippen molar-refractivity contribution in [2.75, 3.05) is 4.90 Å². The van der Waals surface area contributed by atoms with E-state index in [2.05, 4.69) is 99.1 Å². The zero-order valence-electron chi connectivity index (χ0n) is 14.0. The fraction of sp³-hybridized carbons (Fsp3) is 0.143. The van der Waals surface area contributed by atoms with Crippen molar-refractivity contribution >= 4 is 48.9 Å². The van der Waals surface area contributed by atoms with E-state index >= 15 is 0 Å². The van der Waals surface area contributed by atoms with E-state index in [1.165, 1.54) is 11.1 Å². The lowest BCUT2D eigenvalue weighted by Crippen LogP contribution is -2.16. The third kappa shape index (κ3) is 2.98. The molecule has 126 valence electrons. The van der Waals surface area contributed by atoms with Crippen LogP contribution >= 0.6 is 31.9 Å². The molecule has 4 rings (SSSR count). The summed E-state index contributed by atoms with van der Waals surface area (Å²) in [6, 6.07) is 19.1. The minimum Gasteiger partial charge on any atom is -0.453 e. The van der Waals surface area contributed by atoms with Crippen molar-refractivity contribution in [2.24, 2.45) is 0 Å². The van der Waals surface area contributed by atoms with Crippen LogP contribution < -0.4 is 9.64 Å². The summed E-state index contributed by atoms with van der Waals surface area (Å²) in [5, 5.41) is 0. The lowest BCUT2D eigenvalue weighted by Gasteiger charge is -2.33. The Bertz CT molecular complexity index is 951. The molecule has 1 aliphatic rings. The first-order valence-electron chi connectivity index (χ1n) is 8.23. The van der Waals surface area contributed by atoms with Gasteiger partial charge in [-0.15, -0.1) is 0 Å². The molecular formula is C21H17Br2NO. The number of anilines is 3. The van der Waals surface area contributed by atoms with E-state index in [-0.39, 0.29) is 0 Å². The van der Waals surface area contributed by atoms with Crippen LogP contribution in [0.4, 0.5) is 17.1 Å². The smallest absolute Gasteiger partial charge is 0.152 e. The molecule has 0 unspecified atom stereocenters. The van der Waals surface area contributed by atoms with Crippen molar-refractivity contribution in [3.8, 4) is 11.5 Å². The first kappa shape index (κ1) is 16.7. The predicted molar refractivity (Wildman–Crippen MR) is 111 cm³/mol. The summed E-state index contributed by atoms with van der Waals surface area (Å²) in [5.74, 6) is 1.73. The van der Waals surface area contributed by atoms with Gasteiger partial charge in [0.25, 0.3) is 0 Å². The molecule has 1 aliphatic heterocycles. The number of aryl methyl sites for hydroxylation is 2. The standard InChI is InChI=1S/C21H17Br2NO/c1-3-14-6-9-18-20(10-14)25-21-12-17(23)16(22)11-19(21)24(18)15-7-4-13(2)5-8-15/h4-12H,3H2,1-2H3. The zero-order chi connectivity index (χ0) is 17.6. The van der Waals surface area contributed by atoms with Crippen LogP contribution in [-0.4, -0.2) is 0 Å². The number of ether oxygens (including phenoxy) is 1. The molecule has 4 heteroatoms. The summed E-state index contributed by atoms with van der Waals surface area (Å²) >= 11 is 7.20. The van der Waals surface area contributed by atoms with Gasteiger partial charge in [-0.2, -0.15) is 0 Å². The molecule has 3 aromatic carbocycles. The van der Waals surface area contributed by atoms with E-state index in [0.29, 0.717) is 0 Å². The van der Waals surface area contributed by atoms with Crippen molar-refractivity contribution in [3.63, 3.8) is 0 Å². The molecule has 3 aromatic rings. The molecule has 0 atom stereocenters. The lowest BCUT2D eigenvalue weighted by molar-refractivity contribution is 0.476. The Morgan fingerprint density at radius 2 is 1.52 bits per heavy atom. The van der Waals surface area contributed by atoms with Crippen LogP contribution in [-0.2, 0) is 6.42 Å². The Labute approximate surface area is 164 Å². The zero-order valence-corrected chi connectivity index (χ0v) is 17.2. The van der Waals surface area contributed by atoms with Crippen molar-refractivity contribution in [1.82, 2.24) is 0 Å². The molecule has 0 saturated carbocycles. The number of halogens is 2. The summed E-state index contributed by atoms with van der Waals surface area (Å²) in [6.45, 7) is 4.26. The van der Waals surface area contributed by atoms with E-state index in [4.69, 9.17) is 4.74 Å². The van der Waals surface area contributed by atoms with Gasteiger partial charge in [-0.3, -0.25) is 0 Å². The van der Waals surface area contributed by atoms with E-state index in [1.807, 2.05) is 6.07 Å². The Kier molecular flexibility index (Phi) is 4.34. The predicted octanol–water partition coefficient (Wildman–Crippen LogP) is 7.66. The highest BCUT2D eigenvalue weighted by molar-refractivity contribution is 9.13. The number of fused-ring (bicyclic) bond motifs is 2. The van der Waals surface area contributed by atoms with E-state index in [1.54, 1.807) is 0 Å². The summed E-state index contributed by atoms with van der Waals surface area (Å²) in [6.07, 6.45) is 0.984. The topological polar surface area (TPSA) is 12.5 Å². The quantitative estimate of drug-likeness (QED) is 0.305. The molecule has 0 aromatic heterocycles. The van der Waals surface area contributed by atoms with Gasteiger partial charge < -0.3 is 9.64 Å². The Morgan fingerprint density at radius 3 is 2.24 bits per heavy atom. The minimum atomic E-state index is 0.844. The first-order valence-corrected chi connectivity index (χ1v) is 9.82. The van der Waals surface area contributed by atoms with Gasteiger partial charge in [-0.1, -0.05) is 30.7 Å². The lowest BCUT2D eigenvalue weighted by atomic mass is 10.1. The number of benzene rings is 3. The molecule has 0 saturated heterocycles. The maximum absolute atomic E-state index is 6.24. The number of hydrogen-bond acceptors (Lipinski definition) is 2. The molecule has 0 fully saturated rings. The van der Waals surface area contributed by atoms with E-state index in [9.17, 15) is 0 Å². The highest BCUT2D eigenvalue weighted by Crippen LogP contribution is 2.52. The van der Waals surface area contributed by atoms with Gasteiger partial charge in [-0.05, 0) is 87.2 Å². The molecule has 0 N–H and O–H groups in total. The van der Waals surface area contributed by atoms with E-state index in [0.717, 1.165) is 43.9 Å². The number of rotatable bonds is 2. The summed E-state index contributed by atoms with van der Waals surface area (Å²) < 4.78 is 8.22. The van der Waals surface area contributed by atoms with Gasteiger partial charge in [0.15, 0.2) is 11.5 Å². The van der Waals surface area contributed by atoms with Crippen molar-refractivity contribution in [1.29, 1.82) is 0 Å². The van der Waals surface area contributed by atoms with E-state index < -0.39 is 0 Å². The average Bonchev–Trinajstić information content (AvgIpc) is 2.61. The molecular weight excluding hydrogens is 442 g/mol. The third-order valence-corrected chi connectivity index (χ3v) is 6.27. The van der Waals surface area contributed by atoms with Crippen molar-refractivity contribution in [2.45, 2.75) is 20.3 Å². The molecule has 1 heterocycles. The van der Waals surface area contributed by atoms with Gasteiger partial charge in [0.05, 0.1) is 11.4 Å². The Balaban J connectivity index is 1.95. The second kappa shape index (κ2) is 6.50.